The van der Waals surface area contributed by atoms with Gasteiger partial charge in [0.2, 0.25) is 0 Å². The average Bonchev–Trinajstić information content (AvgIpc) is 3.51. The first kappa shape index (κ1) is 44.0. The number of aryl methyl sites for hydroxylation is 4. The largest absolute Gasteiger partial charge is 0.444 e. The van der Waals surface area contributed by atoms with Gasteiger partial charge in [0.05, 0.1) is 23.0 Å². The standard InChI is InChI=1S/C10H16N2O2S.C9H14N2O2S.C4H6N2S.C3H5ClO.CH4N2S/c1-6-7(2)15-8(11-6)12-9(13)14-10(3,4)5;1-6-5-14-7(10-6)11-8(12)13-9(2,3)4;1-3-2-7-4(5)6-3;1-3(5)2-4;2-1(3)4/h1-5H3,(H,11,12,13);5H,1-4H3,(H,10,11,12);2H,1H3,(H2,5,6);2H2,1H3;(H4,2,3,4). The van der Waals surface area contributed by atoms with E-state index < -0.39 is 23.4 Å². The number of halogens is 1. The fourth-order valence-corrected chi connectivity index (χ4v) is 4.11. The Hall–Kier alpha value is -3.12. The number of alkyl halides is 1. The lowest BCUT2D eigenvalue weighted by Gasteiger charge is -2.18. The normalized spacial score (nSPS) is 10.0. The highest BCUT2D eigenvalue weighted by molar-refractivity contribution is 7.80. The van der Waals surface area contributed by atoms with Crippen molar-refractivity contribution in [2.24, 2.45) is 11.5 Å². The summed E-state index contributed by atoms with van der Waals surface area (Å²) in [5.41, 5.74) is 16.4. The molecule has 13 nitrogen and oxygen atoms in total. The summed E-state index contributed by atoms with van der Waals surface area (Å²) in [6.45, 7) is 20.1. The average molecular weight is 725 g/mol. The number of anilines is 3. The molecule has 254 valence electrons. The number of aromatic nitrogens is 3. The Morgan fingerprint density at radius 3 is 1.49 bits per heavy atom. The van der Waals surface area contributed by atoms with Crippen LogP contribution in [0.5, 0.6) is 0 Å². The van der Waals surface area contributed by atoms with Gasteiger partial charge in [-0.05, 0) is 88.4 Å². The third kappa shape index (κ3) is 28.1. The summed E-state index contributed by atoms with van der Waals surface area (Å²) < 4.78 is 10.2. The Labute approximate surface area is 287 Å². The molecule has 0 radical (unpaired) electrons. The zero-order valence-corrected chi connectivity index (χ0v) is 31.5. The lowest BCUT2D eigenvalue weighted by atomic mass is 10.2. The topological polar surface area (TPSA) is 210 Å². The number of ether oxygens (including phenoxy) is 2. The number of hydrogen-bond acceptors (Lipinski definition) is 13. The summed E-state index contributed by atoms with van der Waals surface area (Å²) in [6.07, 6.45) is -0.928. The van der Waals surface area contributed by atoms with Crippen LogP contribution < -0.4 is 27.8 Å². The molecule has 0 aliphatic carbocycles. The van der Waals surface area contributed by atoms with Crippen molar-refractivity contribution in [1.29, 1.82) is 0 Å². The van der Waals surface area contributed by atoms with E-state index in [1.165, 1.54) is 40.9 Å². The van der Waals surface area contributed by atoms with Gasteiger partial charge in [-0.15, -0.1) is 45.6 Å². The van der Waals surface area contributed by atoms with Gasteiger partial charge >= 0.3 is 12.2 Å². The number of Topliss-reactive ketones (excluding diaryl/α,β-unsaturated/α-hetero) is 1. The van der Waals surface area contributed by atoms with Crippen LogP contribution in [0.25, 0.3) is 0 Å². The number of thiazole rings is 3. The first-order valence-electron chi connectivity index (χ1n) is 13.1. The molecule has 0 fully saturated rings. The summed E-state index contributed by atoms with van der Waals surface area (Å²) in [4.78, 5) is 45.6. The Bertz CT molecular complexity index is 1310. The molecule has 0 aliphatic heterocycles. The number of thiocarbonyl (C=S) groups is 1. The van der Waals surface area contributed by atoms with Crippen molar-refractivity contribution < 1.29 is 23.9 Å². The van der Waals surface area contributed by atoms with Gasteiger partial charge in [0, 0.05) is 15.6 Å². The van der Waals surface area contributed by atoms with E-state index in [9.17, 15) is 14.4 Å². The van der Waals surface area contributed by atoms with Crippen LogP contribution in [0.3, 0.4) is 0 Å². The number of nitrogens with one attached hydrogen (secondary N) is 2. The summed E-state index contributed by atoms with van der Waals surface area (Å²) >= 11 is 13.4. The van der Waals surface area contributed by atoms with E-state index >= 15 is 0 Å². The highest BCUT2D eigenvalue weighted by atomic mass is 35.5. The number of carbonyl (C=O) groups is 3. The van der Waals surface area contributed by atoms with Crippen molar-refractivity contribution in [1.82, 2.24) is 15.0 Å². The monoisotopic (exact) mass is 724 g/mol. The Morgan fingerprint density at radius 2 is 1.24 bits per heavy atom. The summed E-state index contributed by atoms with van der Waals surface area (Å²) in [7, 11) is 0. The van der Waals surface area contributed by atoms with Gasteiger partial charge < -0.3 is 26.7 Å². The zero-order chi connectivity index (χ0) is 35.5. The van der Waals surface area contributed by atoms with Crippen LogP contribution in [0, 0.1) is 27.7 Å². The van der Waals surface area contributed by atoms with Crippen molar-refractivity contribution >= 4 is 96.3 Å². The van der Waals surface area contributed by atoms with E-state index in [0.717, 1.165) is 22.0 Å². The molecule has 0 bridgehead atoms. The minimum Gasteiger partial charge on any atom is -0.444 e. The molecular formula is C27H45ClN8O5S4. The minimum atomic E-state index is -0.481. The Morgan fingerprint density at radius 1 is 0.844 bits per heavy atom. The van der Waals surface area contributed by atoms with Gasteiger partial charge in [-0.25, -0.2) is 24.5 Å². The molecule has 0 atom stereocenters. The first-order chi connectivity index (χ1) is 20.4. The molecule has 0 saturated carbocycles. The number of nitrogen functional groups attached to an aromatic ring is 1. The molecule has 18 heteroatoms. The number of carbonyl (C=O) groups excluding carboxylic acids is 3. The van der Waals surface area contributed by atoms with E-state index in [2.05, 4.69) is 49.3 Å². The van der Waals surface area contributed by atoms with E-state index in [1.807, 2.05) is 80.0 Å². The van der Waals surface area contributed by atoms with Crippen LogP contribution in [-0.2, 0) is 14.3 Å². The summed E-state index contributed by atoms with van der Waals surface area (Å²) in [6, 6.07) is 0. The molecule has 45 heavy (non-hydrogen) atoms. The minimum absolute atomic E-state index is 0.000000000000000222. The third-order valence-corrected chi connectivity index (χ3v) is 6.72. The van der Waals surface area contributed by atoms with Crippen molar-refractivity contribution in [3.05, 3.63) is 32.7 Å². The van der Waals surface area contributed by atoms with Gasteiger partial charge in [-0.2, -0.15) is 0 Å². The Balaban J connectivity index is 0. The predicted octanol–water partition coefficient (Wildman–Crippen LogP) is 6.94. The lowest BCUT2D eigenvalue weighted by Crippen LogP contribution is -2.27. The second kappa shape index (κ2) is 21.6. The predicted molar refractivity (Wildman–Crippen MR) is 192 cm³/mol. The van der Waals surface area contributed by atoms with Crippen molar-refractivity contribution in [3.8, 4) is 0 Å². The van der Waals surface area contributed by atoms with Crippen LogP contribution in [-0.4, -0.2) is 55.1 Å². The molecule has 3 aromatic rings. The molecule has 3 aromatic heterocycles. The van der Waals surface area contributed by atoms with E-state index in [0.29, 0.717) is 15.4 Å². The SMILES string of the molecule is CC(=O)CCl.Cc1csc(N)n1.Cc1csc(NC(=O)OC(C)(C)C)n1.Cc1nc(NC(=O)OC(C)(C)C)sc1C.NC(N)=S. The van der Waals surface area contributed by atoms with E-state index in [1.54, 1.807) is 0 Å². The second-order valence-electron chi connectivity index (χ2n) is 10.8. The zero-order valence-electron chi connectivity index (χ0n) is 27.5. The molecule has 3 heterocycles. The maximum absolute atomic E-state index is 11.4. The third-order valence-electron chi connectivity index (χ3n) is 3.69. The van der Waals surface area contributed by atoms with Gasteiger partial charge in [0.25, 0.3) is 0 Å². The molecule has 2 amide bonds. The van der Waals surface area contributed by atoms with Crippen molar-refractivity contribution in [3.63, 3.8) is 0 Å². The quantitative estimate of drug-likeness (QED) is 0.137. The van der Waals surface area contributed by atoms with Gasteiger partial charge in [-0.3, -0.25) is 15.4 Å². The van der Waals surface area contributed by atoms with E-state index in [-0.39, 0.29) is 16.8 Å². The summed E-state index contributed by atoms with van der Waals surface area (Å²) in [5.74, 6) is 0.159. The second-order valence-corrected chi connectivity index (χ2v) is 14.5. The number of hydrogen-bond donors (Lipinski definition) is 5. The highest BCUT2D eigenvalue weighted by Crippen LogP contribution is 2.22. The van der Waals surface area contributed by atoms with Crippen LogP contribution in [0.2, 0.25) is 0 Å². The first-order valence-corrected chi connectivity index (χ1v) is 16.6. The molecule has 0 unspecified atom stereocenters. The van der Waals surface area contributed by atoms with Crippen LogP contribution in [0.15, 0.2) is 10.8 Å². The maximum Gasteiger partial charge on any atom is 0.413 e. The van der Waals surface area contributed by atoms with Crippen LogP contribution in [0.1, 0.15) is 70.4 Å². The number of nitrogens with two attached hydrogens (primary N) is 3. The number of ketones is 1. The Kier molecular flexibility index (Phi) is 21.1. The maximum atomic E-state index is 11.4. The van der Waals surface area contributed by atoms with Crippen molar-refractivity contribution in [2.45, 2.75) is 87.4 Å². The van der Waals surface area contributed by atoms with Gasteiger partial charge in [0.15, 0.2) is 20.5 Å². The van der Waals surface area contributed by atoms with Crippen LogP contribution >= 0.6 is 57.8 Å². The number of amides is 2. The molecule has 3 rings (SSSR count). The summed E-state index contributed by atoms with van der Waals surface area (Å²) in [5, 5.41) is 10.8. The van der Waals surface area contributed by atoms with Gasteiger partial charge in [-0.1, -0.05) is 0 Å². The van der Waals surface area contributed by atoms with Crippen LogP contribution in [0.4, 0.5) is 25.0 Å². The lowest BCUT2D eigenvalue weighted by molar-refractivity contribution is -0.114. The molecular weight excluding hydrogens is 680 g/mol. The number of nitrogens with zero attached hydrogens (tertiary/aromatic N) is 3. The number of rotatable bonds is 3. The fraction of sp³-hybridized carbons (Fsp3) is 0.519. The van der Waals surface area contributed by atoms with E-state index in [4.69, 9.17) is 26.8 Å². The van der Waals surface area contributed by atoms with Crippen molar-refractivity contribution in [2.75, 3.05) is 22.2 Å². The fourth-order valence-electron chi connectivity index (χ4n) is 2.09. The molecule has 0 aromatic carbocycles. The smallest absolute Gasteiger partial charge is 0.413 e. The highest BCUT2D eigenvalue weighted by Gasteiger charge is 2.18. The molecule has 0 saturated heterocycles. The molecule has 0 spiro atoms. The van der Waals surface area contributed by atoms with Gasteiger partial charge in [0.1, 0.15) is 17.0 Å². The molecule has 0 aliphatic rings. The molecule has 8 N–H and O–H groups in total.